The first-order valence-corrected chi connectivity index (χ1v) is 9.88. The number of rotatable bonds is 4. The van der Waals surface area contributed by atoms with E-state index in [1.165, 1.54) is 11.3 Å². The van der Waals surface area contributed by atoms with Crippen LogP contribution in [0.3, 0.4) is 0 Å². The van der Waals surface area contributed by atoms with E-state index >= 15 is 0 Å². The number of benzene rings is 1. The van der Waals surface area contributed by atoms with Gasteiger partial charge < -0.3 is 10.2 Å². The summed E-state index contributed by atoms with van der Waals surface area (Å²) in [5.74, 6) is 0.671. The van der Waals surface area contributed by atoms with Crippen LogP contribution in [0.4, 0.5) is 5.95 Å². The first-order chi connectivity index (χ1) is 13.2. The molecule has 0 bridgehead atoms. The lowest BCUT2D eigenvalue weighted by molar-refractivity contribution is 0.0936. The molecule has 0 spiro atoms. The summed E-state index contributed by atoms with van der Waals surface area (Å²) in [6, 6.07) is 11.9. The van der Waals surface area contributed by atoms with Crippen LogP contribution >= 0.6 is 11.3 Å². The highest BCUT2D eigenvalue weighted by Gasteiger charge is 2.25. The van der Waals surface area contributed by atoms with Crippen LogP contribution in [0.25, 0.3) is 10.6 Å². The van der Waals surface area contributed by atoms with Crippen LogP contribution in [0.15, 0.2) is 48.8 Å². The van der Waals surface area contributed by atoms with Gasteiger partial charge in [-0.3, -0.25) is 4.79 Å². The average Bonchev–Trinajstić information content (AvgIpc) is 3.11. The molecule has 3 heterocycles. The van der Waals surface area contributed by atoms with Crippen molar-refractivity contribution in [3.05, 3.63) is 59.4 Å². The van der Waals surface area contributed by atoms with E-state index in [9.17, 15) is 4.79 Å². The van der Waals surface area contributed by atoms with E-state index in [-0.39, 0.29) is 11.9 Å². The number of nitrogens with one attached hydrogen (secondary N) is 1. The summed E-state index contributed by atoms with van der Waals surface area (Å²) in [5.41, 5.74) is 1.81. The van der Waals surface area contributed by atoms with Crippen LogP contribution in [0, 0.1) is 6.92 Å². The van der Waals surface area contributed by atoms with E-state index in [0.29, 0.717) is 4.88 Å². The Morgan fingerprint density at radius 1 is 1.19 bits per heavy atom. The van der Waals surface area contributed by atoms with Gasteiger partial charge in [-0.1, -0.05) is 30.3 Å². The van der Waals surface area contributed by atoms with E-state index in [1.807, 2.05) is 43.3 Å². The molecule has 1 unspecified atom stereocenters. The second-order valence-electron chi connectivity index (χ2n) is 6.61. The van der Waals surface area contributed by atoms with Crippen molar-refractivity contribution in [3.63, 3.8) is 0 Å². The Balaban J connectivity index is 1.45. The number of amides is 1. The van der Waals surface area contributed by atoms with E-state index < -0.39 is 0 Å². The van der Waals surface area contributed by atoms with Gasteiger partial charge in [-0.2, -0.15) is 0 Å². The molecule has 1 aliphatic rings. The fourth-order valence-corrected chi connectivity index (χ4v) is 4.27. The Labute approximate surface area is 162 Å². The van der Waals surface area contributed by atoms with Crippen LogP contribution in [-0.4, -0.2) is 40.0 Å². The summed E-state index contributed by atoms with van der Waals surface area (Å²) < 4.78 is 0. The fraction of sp³-hybridized carbons (Fsp3) is 0.300. The second-order valence-corrected chi connectivity index (χ2v) is 7.61. The number of hydrogen-bond donors (Lipinski definition) is 1. The molecule has 138 valence electrons. The van der Waals surface area contributed by atoms with Gasteiger partial charge in [-0.05, 0) is 25.8 Å². The lowest BCUT2D eigenvalue weighted by Gasteiger charge is -2.33. The molecular formula is C20H21N5OS. The monoisotopic (exact) mass is 379 g/mol. The van der Waals surface area contributed by atoms with Gasteiger partial charge in [-0.25, -0.2) is 15.0 Å². The van der Waals surface area contributed by atoms with E-state index in [1.54, 1.807) is 12.4 Å². The second kappa shape index (κ2) is 7.84. The van der Waals surface area contributed by atoms with Gasteiger partial charge in [0.1, 0.15) is 9.88 Å². The molecule has 0 aliphatic carbocycles. The molecule has 6 nitrogen and oxygen atoms in total. The highest BCUT2D eigenvalue weighted by molar-refractivity contribution is 7.17. The SMILES string of the molecule is Cc1nc(-c2ccccc2)sc1C(=O)NC1CCCN(c2ncccn2)C1. The minimum Gasteiger partial charge on any atom is -0.347 e. The van der Waals surface area contributed by atoms with Crippen molar-refractivity contribution in [1.29, 1.82) is 0 Å². The van der Waals surface area contributed by atoms with Crippen molar-refractivity contribution >= 4 is 23.2 Å². The number of anilines is 1. The number of nitrogens with zero attached hydrogens (tertiary/aromatic N) is 4. The summed E-state index contributed by atoms with van der Waals surface area (Å²) in [6.07, 6.45) is 5.45. The summed E-state index contributed by atoms with van der Waals surface area (Å²) in [7, 11) is 0. The first-order valence-electron chi connectivity index (χ1n) is 9.06. The van der Waals surface area contributed by atoms with Crippen LogP contribution in [0.2, 0.25) is 0 Å². The number of carbonyl (C=O) groups is 1. The van der Waals surface area contributed by atoms with Crippen molar-refractivity contribution in [3.8, 4) is 10.6 Å². The van der Waals surface area contributed by atoms with E-state index in [2.05, 4.69) is 25.2 Å². The number of hydrogen-bond acceptors (Lipinski definition) is 6. The molecule has 3 aromatic rings. The summed E-state index contributed by atoms with van der Waals surface area (Å²) in [6.45, 7) is 3.52. The Bertz CT molecular complexity index is 913. The minimum atomic E-state index is -0.0481. The summed E-state index contributed by atoms with van der Waals surface area (Å²) in [5, 5.41) is 4.05. The largest absolute Gasteiger partial charge is 0.347 e. The van der Waals surface area contributed by atoms with Crippen molar-refractivity contribution in [2.45, 2.75) is 25.8 Å². The lowest BCUT2D eigenvalue weighted by Crippen LogP contribution is -2.48. The van der Waals surface area contributed by atoms with Gasteiger partial charge in [0.05, 0.1) is 5.69 Å². The average molecular weight is 379 g/mol. The third-order valence-corrected chi connectivity index (χ3v) is 5.82. The quantitative estimate of drug-likeness (QED) is 0.753. The number of aryl methyl sites for hydroxylation is 1. The molecule has 1 amide bonds. The summed E-state index contributed by atoms with van der Waals surface area (Å²) >= 11 is 1.45. The maximum Gasteiger partial charge on any atom is 0.263 e. The Hall–Kier alpha value is -2.80. The maximum atomic E-state index is 12.8. The van der Waals surface area contributed by atoms with Crippen molar-refractivity contribution < 1.29 is 4.79 Å². The van der Waals surface area contributed by atoms with Gasteiger partial charge in [-0.15, -0.1) is 11.3 Å². The van der Waals surface area contributed by atoms with Crippen molar-refractivity contribution in [1.82, 2.24) is 20.3 Å². The molecule has 1 fully saturated rings. The Kier molecular flexibility index (Phi) is 5.11. The highest BCUT2D eigenvalue weighted by Crippen LogP contribution is 2.28. The minimum absolute atomic E-state index is 0.0481. The third-order valence-electron chi connectivity index (χ3n) is 4.62. The van der Waals surface area contributed by atoms with Crippen LogP contribution in [0.1, 0.15) is 28.2 Å². The molecule has 0 saturated carbocycles. The first kappa shape index (κ1) is 17.6. The molecule has 4 rings (SSSR count). The molecule has 1 aromatic carbocycles. The Morgan fingerprint density at radius 2 is 1.96 bits per heavy atom. The van der Waals surface area contributed by atoms with Crippen LogP contribution in [0.5, 0.6) is 0 Å². The number of piperidine rings is 1. The molecule has 2 aromatic heterocycles. The predicted molar refractivity (Wildman–Crippen MR) is 107 cm³/mol. The zero-order valence-corrected chi connectivity index (χ0v) is 15.9. The van der Waals surface area contributed by atoms with Crippen LogP contribution < -0.4 is 10.2 Å². The predicted octanol–water partition coefficient (Wildman–Crippen LogP) is 3.31. The normalized spacial score (nSPS) is 16.9. The zero-order chi connectivity index (χ0) is 18.6. The van der Waals surface area contributed by atoms with Crippen molar-refractivity contribution in [2.75, 3.05) is 18.0 Å². The Morgan fingerprint density at radius 3 is 2.74 bits per heavy atom. The fourth-order valence-electron chi connectivity index (χ4n) is 3.29. The smallest absolute Gasteiger partial charge is 0.263 e. The number of carbonyl (C=O) groups excluding carboxylic acids is 1. The van der Waals surface area contributed by atoms with Gasteiger partial charge in [0.25, 0.3) is 5.91 Å². The standard InChI is InChI=1S/C20H21N5OS/c1-14-17(27-19(23-14)15-7-3-2-4-8-15)18(26)24-16-9-5-12-25(13-16)20-21-10-6-11-22-20/h2-4,6-8,10-11,16H,5,9,12-13H2,1H3,(H,24,26). The van der Waals surface area contributed by atoms with Crippen molar-refractivity contribution in [2.24, 2.45) is 0 Å². The summed E-state index contributed by atoms with van der Waals surface area (Å²) in [4.78, 5) is 28.9. The van der Waals surface area contributed by atoms with Gasteiger partial charge >= 0.3 is 0 Å². The molecular weight excluding hydrogens is 358 g/mol. The molecule has 1 atom stereocenters. The van der Waals surface area contributed by atoms with Crippen LogP contribution in [-0.2, 0) is 0 Å². The molecule has 0 radical (unpaired) electrons. The zero-order valence-electron chi connectivity index (χ0n) is 15.1. The molecule has 7 heteroatoms. The molecule has 1 saturated heterocycles. The van der Waals surface area contributed by atoms with Gasteiger partial charge in [0.15, 0.2) is 0 Å². The number of aromatic nitrogens is 3. The molecule has 1 aliphatic heterocycles. The van der Waals surface area contributed by atoms with Gasteiger partial charge in [0.2, 0.25) is 5.95 Å². The molecule has 27 heavy (non-hydrogen) atoms. The third kappa shape index (κ3) is 3.98. The van der Waals surface area contributed by atoms with E-state index in [0.717, 1.165) is 48.1 Å². The lowest BCUT2D eigenvalue weighted by atomic mass is 10.1. The van der Waals surface area contributed by atoms with Gasteiger partial charge in [0, 0.05) is 37.1 Å². The van der Waals surface area contributed by atoms with E-state index in [4.69, 9.17) is 0 Å². The highest BCUT2D eigenvalue weighted by atomic mass is 32.1. The topological polar surface area (TPSA) is 71.0 Å². The molecule has 1 N–H and O–H groups in total. The number of thiazole rings is 1. The maximum absolute atomic E-state index is 12.8.